The fraction of sp³-hybridized carbons (Fsp3) is 0.800. The largest absolute Gasteiger partial charge is 0.335 e. The zero-order valence-corrected chi connectivity index (χ0v) is 17.9. The predicted octanol–water partition coefficient (Wildman–Crippen LogP) is 2.61. The smallest absolute Gasteiger partial charge is 0.246 e. The fourth-order valence-electron chi connectivity index (χ4n) is 4.89. The number of nitrogens with zero attached hydrogens (tertiary/aromatic N) is 4. The van der Waals surface area contributed by atoms with Crippen LogP contribution >= 0.6 is 0 Å². The number of hydrogen-bond donors (Lipinski definition) is 0. The predicted molar refractivity (Wildman–Crippen MR) is 106 cm³/mol. The summed E-state index contributed by atoms with van der Waals surface area (Å²) in [5.41, 5.74) is 1.08. The van der Waals surface area contributed by atoms with Crippen molar-refractivity contribution in [2.24, 2.45) is 0 Å². The third-order valence-corrected chi connectivity index (χ3v) is 8.61. The minimum atomic E-state index is -3.55. The summed E-state index contributed by atoms with van der Waals surface area (Å²) in [6.45, 7) is 4.79. The minimum absolute atomic E-state index is 0.0851. The lowest BCUT2D eigenvalue weighted by molar-refractivity contribution is -0.135. The van der Waals surface area contributed by atoms with Gasteiger partial charge in [0.2, 0.25) is 15.9 Å². The third kappa shape index (κ3) is 3.73. The quantitative estimate of drug-likeness (QED) is 0.725. The van der Waals surface area contributed by atoms with Gasteiger partial charge in [0.05, 0.1) is 11.4 Å². The molecule has 1 aliphatic heterocycles. The van der Waals surface area contributed by atoms with Crippen LogP contribution in [0.25, 0.3) is 0 Å². The van der Waals surface area contributed by atoms with E-state index in [0.29, 0.717) is 41.5 Å². The van der Waals surface area contributed by atoms with Crippen LogP contribution in [0, 0.1) is 13.8 Å². The second kappa shape index (κ2) is 7.78. The lowest BCUT2D eigenvalue weighted by Crippen LogP contribution is -2.42. The molecule has 3 fully saturated rings. The first-order chi connectivity index (χ1) is 13.4. The van der Waals surface area contributed by atoms with Crippen LogP contribution in [0.1, 0.15) is 69.2 Å². The van der Waals surface area contributed by atoms with Crippen molar-refractivity contribution in [1.82, 2.24) is 19.0 Å². The van der Waals surface area contributed by atoms with E-state index in [9.17, 15) is 13.2 Å². The van der Waals surface area contributed by atoms with E-state index in [4.69, 9.17) is 0 Å². The Labute approximate surface area is 168 Å². The molecule has 2 heterocycles. The van der Waals surface area contributed by atoms with E-state index in [1.54, 1.807) is 22.8 Å². The Bertz CT molecular complexity index is 832. The summed E-state index contributed by atoms with van der Waals surface area (Å²) < 4.78 is 29.5. The van der Waals surface area contributed by atoms with E-state index in [0.717, 1.165) is 44.9 Å². The lowest BCUT2D eigenvalue weighted by atomic mass is 10.2. The first kappa shape index (κ1) is 19.9. The van der Waals surface area contributed by atoms with E-state index < -0.39 is 10.0 Å². The van der Waals surface area contributed by atoms with Crippen molar-refractivity contribution in [2.45, 2.75) is 95.2 Å². The highest BCUT2D eigenvalue weighted by atomic mass is 32.2. The maximum absolute atomic E-state index is 13.2. The number of carbonyl (C=O) groups is 1. The summed E-state index contributed by atoms with van der Waals surface area (Å²) in [5, 5.41) is 4.46. The number of carbonyl (C=O) groups excluding carboxylic acids is 1. The van der Waals surface area contributed by atoms with Gasteiger partial charge in [-0.15, -0.1) is 0 Å². The van der Waals surface area contributed by atoms with Crippen molar-refractivity contribution in [3.8, 4) is 0 Å². The Kier molecular flexibility index (Phi) is 5.53. The van der Waals surface area contributed by atoms with Crippen molar-refractivity contribution in [1.29, 1.82) is 0 Å². The monoisotopic (exact) mass is 408 g/mol. The van der Waals surface area contributed by atoms with Gasteiger partial charge >= 0.3 is 0 Å². The summed E-state index contributed by atoms with van der Waals surface area (Å²) in [7, 11) is -3.55. The Morgan fingerprint density at radius 2 is 1.61 bits per heavy atom. The lowest BCUT2D eigenvalue weighted by Gasteiger charge is -2.29. The number of hydrogen-bond acceptors (Lipinski definition) is 4. The summed E-state index contributed by atoms with van der Waals surface area (Å²) in [6, 6.07) is 0.734. The second-order valence-corrected chi connectivity index (χ2v) is 10.5. The van der Waals surface area contributed by atoms with Gasteiger partial charge in [0, 0.05) is 25.2 Å². The molecule has 2 saturated carbocycles. The van der Waals surface area contributed by atoms with Gasteiger partial charge in [-0.25, -0.2) is 8.42 Å². The van der Waals surface area contributed by atoms with E-state index in [2.05, 4.69) is 10.00 Å². The van der Waals surface area contributed by atoms with E-state index in [1.165, 1.54) is 12.8 Å². The van der Waals surface area contributed by atoms with Gasteiger partial charge in [-0.2, -0.15) is 9.40 Å². The molecule has 0 aromatic carbocycles. The summed E-state index contributed by atoms with van der Waals surface area (Å²) in [4.78, 5) is 15.5. The Morgan fingerprint density at radius 1 is 1.00 bits per heavy atom. The average molecular weight is 409 g/mol. The van der Waals surface area contributed by atoms with Gasteiger partial charge < -0.3 is 4.90 Å². The number of amides is 1. The van der Waals surface area contributed by atoms with Crippen LogP contribution in [0.4, 0.5) is 0 Å². The van der Waals surface area contributed by atoms with Crippen molar-refractivity contribution in [2.75, 3.05) is 13.1 Å². The highest BCUT2D eigenvalue weighted by molar-refractivity contribution is 7.89. The molecule has 1 aromatic heterocycles. The molecule has 1 saturated heterocycles. The van der Waals surface area contributed by atoms with E-state index in [-0.39, 0.29) is 12.5 Å². The molecule has 28 heavy (non-hydrogen) atoms. The van der Waals surface area contributed by atoms with Crippen molar-refractivity contribution in [3.05, 3.63) is 11.4 Å². The van der Waals surface area contributed by atoms with Gasteiger partial charge in [-0.3, -0.25) is 9.48 Å². The van der Waals surface area contributed by atoms with Gasteiger partial charge in [-0.05, 0) is 52.4 Å². The highest BCUT2D eigenvalue weighted by Crippen LogP contribution is 2.35. The number of piperidine rings is 1. The molecule has 0 radical (unpaired) electrons. The SMILES string of the molecule is Cc1nn(CC(=O)N(C2CCCC2)C2CC2)c(C)c1S(=O)(=O)N1CCCCC1. The molecular formula is C20H32N4O3S. The molecule has 8 heteroatoms. The molecule has 1 aromatic rings. The molecule has 0 unspecified atom stereocenters. The zero-order chi connectivity index (χ0) is 19.9. The topological polar surface area (TPSA) is 75.5 Å². The number of sulfonamides is 1. The molecule has 0 atom stereocenters. The number of aryl methyl sites for hydroxylation is 1. The molecule has 3 aliphatic rings. The van der Waals surface area contributed by atoms with Gasteiger partial charge in [-0.1, -0.05) is 19.3 Å². The Hall–Kier alpha value is -1.41. The van der Waals surface area contributed by atoms with Crippen LogP contribution in [0.5, 0.6) is 0 Å². The van der Waals surface area contributed by atoms with Gasteiger partial charge in [0.25, 0.3) is 0 Å². The molecule has 1 amide bonds. The molecule has 0 N–H and O–H groups in total. The molecule has 156 valence electrons. The maximum atomic E-state index is 13.2. The molecule has 2 aliphatic carbocycles. The average Bonchev–Trinajstić information content (AvgIpc) is 3.26. The molecule has 4 rings (SSSR count). The van der Waals surface area contributed by atoms with Crippen molar-refractivity contribution < 1.29 is 13.2 Å². The summed E-state index contributed by atoms with van der Waals surface area (Å²) >= 11 is 0. The van der Waals surface area contributed by atoms with Gasteiger partial charge in [0.15, 0.2) is 0 Å². The molecule has 7 nitrogen and oxygen atoms in total. The number of aromatic nitrogens is 2. The van der Waals surface area contributed by atoms with Crippen molar-refractivity contribution >= 4 is 15.9 Å². The third-order valence-electron chi connectivity index (χ3n) is 6.46. The first-order valence-electron chi connectivity index (χ1n) is 10.7. The Morgan fingerprint density at radius 3 is 2.21 bits per heavy atom. The van der Waals surface area contributed by atoms with Crippen LogP contribution in [0.15, 0.2) is 4.90 Å². The van der Waals surface area contributed by atoms with E-state index >= 15 is 0 Å². The summed E-state index contributed by atoms with van der Waals surface area (Å²) in [5.74, 6) is 0.0851. The number of rotatable bonds is 6. The van der Waals surface area contributed by atoms with Crippen LogP contribution in [-0.4, -0.2) is 58.5 Å². The molecular weight excluding hydrogens is 376 g/mol. The first-order valence-corrected chi connectivity index (χ1v) is 12.2. The van der Waals surface area contributed by atoms with Crippen LogP contribution in [-0.2, 0) is 21.4 Å². The fourth-order valence-corrected chi connectivity index (χ4v) is 6.78. The van der Waals surface area contributed by atoms with Gasteiger partial charge in [0.1, 0.15) is 11.4 Å². The maximum Gasteiger partial charge on any atom is 0.246 e. The second-order valence-electron chi connectivity index (χ2n) is 8.59. The summed E-state index contributed by atoms with van der Waals surface area (Å²) in [6.07, 6.45) is 9.64. The van der Waals surface area contributed by atoms with Crippen LogP contribution in [0.3, 0.4) is 0 Å². The minimum Gasteiger partial charge on any atom is -0.335 e. The Balaban J connectivity index is 1.56. The van der Waals surface area contributed by atoms with E-state index in [1.807, 2.05) is 0 Å². The normalized spacial score (nSPS) is 21.9. The zero-order valence-electron chi connectivity index (χ0n) is 17.1. The highest BCUT2D eigenvalue weighted by Gasteiger charge is 2.39. The van der Waals surface area contributed by atoms with Crippen LogP contribution in [0.2, 0.25) is 0 Å². The van der Waals surface area contributed by atoms with Crippen LogP contribution < -0.4 is 0 Å². The standard InChI is InChI=1S/C20H32N4O3S/c1-15-20(28(26,27)22-12-6-3-7-13-22)16(2)23(21-15)14-19(25)24(18-10-11-18)17-8-4-5-9-17/h17-18H,3-14H2,1-2H3. The molecule has 0 bridgehead atoms. The van der Waals surface area contributed by atoms with Crippen molar-refractivity contribution in [3.63, 3.8) is 0 Å². The molecule has 0 spiro atoms.